The third-order valence-electron chi connectivity index (χ3n) is 4.71. The molecule has 1 aromatic carbocycles. The average Bonchev–Trinajstić information content (AvgIpc) is 3.13. The number of alkyl halides is 2. The molecule has 1 saturated carbocycles. The van der Waals surface area contributed by atoms with E-state index in [-0.39, 0.29) is 41.2 Å². The normalized spacial score (nSPS) is 20.4. The number of hydrogen-bond donors (Lipinski definition) is 1. The molecule has 154 valence electrons. The first kappa shape index (κ1) is 21.1. The fraction of sp³-hybridized carbons (Fsp3) is 0.500. The highest BCUT2D eigenvalue weighted by Gasteiger charge is 2.40. The van der Waals surface area contributed by atoms with Crippen LogP contribution in [0, 0.1) is 18.7 Å². The number of rotatable bonds is 6. The van der Waals surface area contributed by atoms with E-state index in [9.17, 15) is 21.6 Å². The van der Waals surface area contributed by atoms with Crippen LogP contribution in [0.5, 0.6) is 0 Å². The number of sulfone groups is 1. The minimum absolute atomic E-state index is 0.0310. The lowest BCUT2D eigenvalue weighted by atomic mass is 10.1. The number of benzene rings is 1. The van der Waals surface area contributed by atoms with Gasteiger partial charge in [-0.05, 0) is 37.0 Å². The van der Waals surface area contributed by atoms with Crippen LogP contribution in [0.15, 0.2) is 23.2 Å². The smallest absolute Gasteiger partial charge is 0.248 e. The summed E-state index contributed by atoms with van der Waals surface area (Å²) in [5, 5.41) is -0.262. The van der Waals surface area contributed by atoms with Gasteiger partial charge in [-0.1, -0.05) is 17.7 Å². The first-order valence-corrected chi connectivity index (χ1v) is 10.9. The number of imidazole rings is 1. The SMILES string of the molecule is Cc1[nH]c([C@@H](OC[C@H]2CCC(F)(F)C2)c2ccc(F)c(Cl)c2)nc1S(C)(=O)=O. The Morgan fingerprint density at radius 1 is 1.43 bits per heavy atom. The van der Waals surface area contributed by atoms with E-state index in [0.29, 0.717) is 17.7 Å². The van der Waals surface area contributed by atoms with Crippen LogP contribution in [0.3, 0.4) is 0 Å². The van der Waals surface area contributed by atoms with Gasteiger partial charge in [-0.15, -0.1) is 0 Å². The van der Waals surface area contributed by atoms with Crippen LogP contribution < -0.4 is 0 Å². The van der Waals surface area contributed by atoms with Gasteiger partial charge in [0.05, 0.1) is 17.3 Å². The van der Waals surface area contributed by atoms with Crippen molar-refractivity contribution in [3.8, 4) is 0 Å². The van der Waals surface area contributed by atoms with Gasteiger partial charge in [0.2, 0.25) is 5.92 Å². The average molecular weight is 437 g/mol. The molecule has 10 heteroatoms. The molecule has 1 N–H and O–H groups in total. The molecule has 1 heterocycles. The predicted octanol–water partition coefficient (Wildman–Crippen LogP) is 4.46. The third-order valence-corrected chi connectivity index (χ3v) is 6.10. The van der Waals surface area contributed by atoms with Gasteiger partial charge in [-0.2, -0.15) is 0 Å². The van der Waals surface area contributed by atoms with Crippen molar-refractivity contribution in [2.45, 2.75) is 43.2 Å². The largest absolute Gasteiger partial charge is 0.365 e. The molecule has 0 aliphatic heterocycles. The molecule has 1 aliphatic carbocycles. The minimum Gasteiger partial charge on any atom is -0.365 e. The first-order valence-electron chi connectivity index (χ1n) is 8.67. The number of nitrogens with zero attached hydrogens (tertiary/aromatic N) is 1. The molecule has 0 radical (unpaired) electrons. The highest BCUT2D eigenvalue weighted by atomic mass is 35.5. The molecule has 0 bridgehead atoms. The zero-order chi connectivity index (χ0) is 20.7. The van der Waals surface area contributed by atoms with Crippen molar-refractivity contribution in [2.75, 3.05) is 12.9 Å². The molecule has 2 atom stereocenters. The molecular formula is C18H20ClF3N2O3S. The zero-order valence-corrected chi connectivity index (χ0v) is 16.9. The number of halogens is 4. The Labute approximate surface area is 166 Å². The third kappa shape index (κ3) is 4.69. The minimum atomic E-state index is -3.57. The molecule has 0 spiro atoms. The second-order valence-electron chi connectivity index (χ2n) is 7.18. The fourth-order valence-corrected chi connectivity index (χ4v) is 4.44. The molecule has 2 aromatic rings. The van der Waals surface area contributed by atoms with Gasteiger partial charge in [0.1, 0.15) is 17.7 Å². The van der Waals surface area contributed by atoms with Crippen LogP contribution in [0.1, 0.15) is 42.4 Å². The fourth-order valence-electron chi connectivity index (χ4n) is 3.38. The van der Waals surface area contributed by atoms with Crippen LogP contribution in [-0.2, 0) is 14.6 Å². The van der Waals surface area contributed by atoms with Crippen molar-refractivity contribution in [3.63, 3.8) is 0 Å². The second-order valence-corrected chi connectivity index (χ2v) is 9.51. The van der Waals surface area contributed by atoms with E-state index >= 15 is 0 Å². The lowest BCUT2D eigenvalue weighted by Gasteiger charge is -2.19. The van der Waals surface area contributed by atoms with Crippen LogP contribution in [-0.4, -0.2) is 37.2 Å². The number of aryl methyl sites for hydroxylation is 1. The van der Waals surface area contributed by atoms with E-state index in [2.05, 4.69) is 9.97 Å². The van der Waals surface area contributed by atoms with Gasteiger partial charge in [0.15, 0.2) is 14.9 Å². The first-order chi connectivity index (χ1) is 13.0. The van der Waals surface area contributed by atoms with E-state index in [1.54, 1.807) is 6.92 Å². The van der Waals surface area contributed by atoms with Crippen LogP contribution in [0.25, 0.3) is 0 Å². The van der Waals surface area contributed by atoms with Gasteiger partial charge >= 0.3 is 0 Å². The summed E-state index contributed by atoms with van der Waals surface area (Å²) in [6.07, 6.45) is 0.00407. The molecule has 0 unspecified atom stereocenters. The number of H-pyrrole nitrogens is 1. The Balaban J connectivity index is 1.92. The Kier molecular flexibility index (Phi) is 5.80. The lowest BCUT2D eigenvalue weighted by Crippen LogP contribution is -2.16. The molecule has 1 aliphatic rings. The van der Waals surface area contributed by atoms with E-state index in [1.807, 2.05) is 0 Å². The molecule has 1 aromatic heterocycles. The van der Waals surface area contributed by atoms with Crippen molar-refractivity contribution in [2.24, 2.45) is 5.92 Å². The maximum absolute atomic E-state index is 13.5. The number of aromatic amines is 1. The van der Waals surface area contributed by atoms with Gasteiger partial charge in [0, 0.05) is 19.1 Å². The number of aromatic nitrogens is 2. The van der Waals surface area contributed by atoms with Crippen LogP contribution in [0.2, 0.25) is 5.02 Å². The van der Waals surface area contributed by atoms with Crippen molar-refractivity contribution in [3.05, 3.63) is 46.1 Å². The van der Waals surface area contributed by atoms with Gasteiger partial charge in [-0.25, -0.2) is 26.6 Å². The van der Waals surface area contributed by atoms with Crippen molar-refractivity contribution < 1.29 is 26.3 Å². The maximum atomic E-state index is 13.5. The Hall–Kier alpha value is -1.58. The van der Waals surface area contributed by atoms with Crippen molar-refractivity contribution in [1.29, 1.82) is 0 Å². The summed E-state index contributed by atoms with van der Waals surface area (Å²) in [4.78, 5) is 7.01. The summed E-state index contributed by atoms with van der Waals surface area (Å²) >= 11 is 5.86. The molecule has 3 rings (SSSR count). The van der Waals surface area contributed by atoms with Crippen LogP contribution >= 0.6 is 11.6 Å². The summed E-state index contributed by atoms with van der Waals surface area (Å²) in [5.41, 5.74) is 0.761. The topological polar surface area (TPSA) is 72.0 Å². The molecule has 1 fully saturated rings. The monoisotopic (exact) mass is 436 g/mol. The van der Waals surface area contributed by atoms with E-state index in [4.69, 9.17) is 16.3 Å². The standard InChI is InChI=1S/C18H20ClF3N2O3S/c1-10-17(28(2,25)26)24-16(23-10)15(12-3-4-14(20)13(19)7-12)27-9-11-5-6-18(21,22)8-11/h3-4,7,11,15H,5-6,8-9H2,1-2H3,(H,23,24)/t11-,15-/m0/s1. The van der Waals surface area contributed by atoms with Crippen molar-refractivity contribution in [1.82, 2.24) is 9.97 Å². The molecule has 28 heavy (non-hydrogen) atoms. The number of hydrogen-bond acceptors (Lipinski definition) is 4. The Bertz CT molecular complexity index is 978. The van der Waals surface area contributed by atoms with Gasteiger partial charge < -0.3 is 9.72 Å². The quantitative estimate of drug-likeness (QED) is 0.725. The number of ether oxygens (including phenoxy) is 1. The van der Waals surface area contributed by atoms with E-state index in [0.717, 1.165) is 12.3 Å². The molecule has 0 saturated heterocycles. The van der Waals surface area contributed by atoms with Crippen molar-refractivity contribution >= 4 is 21.4 Å². The highest BCUT2D eigenvalue weighted by Crippen LogP contribution is 2.40. The van der Waals surface area contributed by atoms with Gasteiger partial charge in [0.25, 0.3) is 0 Å². The van der Waals surface area contributed by atoms with Gasteiger partial charge in [-0.3, -0.25) is 0 Å². The maximum Gasteiger partial charge on any atom is 0.248 e. The van der Waals surface area contributed by atoms with E-state index < -0.39 is 27.7 Å². The predicted molar refractivity (Wildman–Crippen MR) is 97.9 cm³/mol. The summed E-state index contributed by atoms with van der Waals surface area (Å²) in [6.45, 7) is 1.59. The molecular weight excluding hydrogens is 417 g/mol. The zero-order valence-electron chi connectivity index (χ0n) is 15.3. The second kappa shape index (κ2) is 7.68. The molecule has 5 nitrogen and oxygen atoms in total. The van der Waals surface area contributed by atoms with Crippen LogP contribution in [0.4, 0.5) is 13.2 Å². The summed E-state index contributed by atoms with van der Waals surface area (Å²) in [5.74, 6) is -3.47. The summed E-state index contributed by atoms with van der Waals surface area (Å²) < 4.78 is 70.1. The number of nitrogens with one attached hydrogen (secondary N) is 1. The highest BCUT2D eigenvalue weighted by molar-refractivity contribution is 7.90. The molecule has 0 amide bonds. The summed E-state index contributed by atoms with van der Waals surface area (Å²) in [7, 11) is -3.57. The Morgan fingerprint density at radius 2 is 2.14 bits per heavy atom. The summed E-state index contributed by atoms with van der Waals surface area (Å²) in [6, 6.07) is 3.95. The Morgan fingerprint density at radius 3 is 2.68 bits per heavy atom. The van der Waals surface area contributed by atoms with E-state index in [1.165, 1.54) is 12.1 Å². The lowest BCUT2D eigenvalue weighted by molar-refractivity contribution is -0.00685.